The van der Waals surface area contributed by atoms with Crippen LogP contribution in [0.25, 0.3) is 0 Å². The van der Waals surface area contributed by atoms with Gasteiger partial charge >= 0.3 is 0 Å². The lowest BCUT2D eigenvalue weighted by Crippen LogP contribution is -2.59. The van der Waals surface area contributed by atoms with Gasteiger partial charge in [-0.3, -0.25) is 4.90 Å². The van der Waals surface area contributed by atoms with Crippen molar-refractivity contribution in [2.24, 2.45) is 0 Å². The van der Waals surface area contributed by atoms with E-state index in [1.54, 1.807) is 0 Å². The Kier molecular flexibility index (Phi) is 4.23. The Labute approximate surface area is 134 Å². The summed E-state index contributed by atoms with van der Waals surface area (Å²) in [6.07, 6.45) is -0.257. The second-order valence-electron chi connectivity index (χ2n) is 5.51. The van der Waals surface area contributed by atoms with E-state index in [-0.39, 0.29) is 18.2 Å². The molecule has 1 heterocycles. The Hall–Kier alpha value is -1.06. The van der Waals surface area contributed by atoms with E-state index in [9.17, 15) is 5.11 Å². The van der Waals surface area contributed by atoms with E-state index < -0.39 is 0 Å². The smallest absolute Gasteiger partial charge is 0.0820 e. The van der Waals surface area contributed by atoms with Crippen LogP contribution < -0.4 is 0 Å². The zero-order valence-electron chi connectivity index (χ0n) is 11.7. The lowest BCUT2D eigenvalue weighted by atomic mass is 9.90. The highest BCUT2D eigenvalue weighted by molar-refractivity contribution is 6.30. The summed E-state index contributed by atoms with van der Waals surface area (Å²) >= 11 is 12.0. The molecule has 2 aromatic carbocycles. The molecule has 3 rings (SSSR count). The summed E-state index contributed by atoms with van der Waals surface area (Å²) in [4.78, 5) is 2.29. The molecule has 21 heavy (non-hydrogen) atoms. The summed E-state index contributed by atoms with van der Waals surface area (Å²) in [6.45, 7) is 2.73. The first-order valence-electron chi connectivity index (χ1n) is 7.01. The molecule has 0 bridgehead atoms. The Morgan fingerprint density at radius 1 is 0.952 bits per heavy atom. The minimum atomic E-state index is -0.257. The lowest BCUT2D eigenvalue weighted by molar-refractivity contribution is -0.0693. The van der Waals surface area contributed by atoms with E-state index in [0.717, 1.165) is 10.0 Å². The SMILES string of the molecule is CC1C(O)CN1C(c1ccc(Cl)cc1)c1ccc(Cl)cc1. The molecule has 1 N–H and O–H groups in total. The number of nitrogens with zero attached hydrogens (tertiary/aromatic N) is 1. The van der Waals surface area contributed by atoms with Crippen LogP contribution in [0.4, 0.5) is 0 Å². The maximum absolute atomic E-state index is 9.83. The van der Waals surface area contributed by atoms with Gasteiger partial charge in [-0.2, -0.15) is 0 Å². The van der Waals surface area contributed by atoms with Crippen LogP contribution in [-0.2, 0) is 0 Å². The third-order valence-electron chi connectivity index (χ3n) is 4.18. The van der Waals surface area contributed by atoms with Gasteiger partial charge in [0.15, 0.2) is 0 Å². The third kappa shape index (κ3) is 2.95. The van der Waals surface area contributed by atoms with Crippen LogP contribution in [0.15, 0.2) is 48.5 Å². The van der Waals surface area contributed by atoms with Crippen molar-refractivity contribution in [3.63, 3.8) is 0 Å². The molecule has 0 radical (unpaired) electrons. The van der Waals surface area contributed by atoms with Gasteiger partial charge in [0, 0.05) is 22.6 Å². The van der Waals surface area contributed by atoms with Crippen LogP contribution in [0, 0.1) is 0 Å². The number of hydrogen-bond acceptors (Lipinski definition) is 2. The molecule has 1 saturated heterocycles. The van der Waals surface area contributed by atoms with E-state index in [1.807, 2.05) is 55.5 Å². The highest BCUT2D eigenvalue weighted by atomic mass is 35.5. The Bertz CT molecular complexity index is 566. The van der Waals surface area contributed by atoms with E-state index in [4.69, 9.17) is 23.2 Å². The maximum Gasteiger partial charge on any atom is 0.0820 e. The third-order valence-corrected chi connectivity index (χ3v) is 4.68. The monoisotopic (exact) mass is 321 g/mol. The van der Waals surface area contributed by atoms with E-state index in [2.05, 4.69) is 4.90 Å². The van der Waals surface area contributed by atoms with Crippen molar-refractivity contribution in [2.45, 2.75) is 25.1 Å². The standard InChI is InChI=1S/C17H17Cl2NO/c1-11-16(21)10-20(11)17(12-2-6-14(18)7-3-12)13-4-8-15(19)9-5-13/h2-9,11,16-17,21H,10H2,1H3. The number of hydrogen-bond donors (Lipinski definition) is 1. The van der Waals surface area contributed by atoms with Crippen LogP contribution >= 0.6 is 23.2 Å². The molecule has 2 nitrogen and oxygen atoms in total. The fourth-order valence-electron chi connectivity index (χ4n) is 2.82. The van der Waals surface area contributed by atoms with E-state index in [0.29, 0.717) is 6.54 Å². The Morgan fingerprint density at radius 3 is 1.71 bits per heavy atom. The molecule has 110 valence electrons. The fourth-order valence-corrected chi connectivity index (χ4v) is 3.08. The topological polar surface area (TPSA) is 23.5 Å². The Balaban J connectivity index is 1.98. The molecule has 1 fully saturated rings. The molecule has 4 heteroatoms. The minimum absolute atomic E-state index is 0.109. The number of aliphatic hydroxyl groups excluding tert-OH is 1. The minimum Gasteiger partial charge on any atom is -0.390 e. The predicted octanol–water partition coefficient (Wildman–Crippen LogP) is 4.15. The number of halogens is 2. The number of rotatable bonds is 3. The van der Waals surface area contributed by atoms with Gasteiger partial charge in [0.1, 0.15) is 0 Å². The number of likely N-dealkylation sites (tertiary alicyclic amines) is 1. The van der Waals surface area contributed by atoms with Crippen LogP contribution in [0.5, 0.6) is 0 Å². The first kappa shape index (κ1) is 14.9. The van der Waals surface area contributed by atoms with Gasteiger partial charge in [-0.25, -0.2) is 0 Å². The highest BCUT2D eigenvalue weighted by Crippen LogP contribution is 2.36. The summed E-state index contributed by atoms with van der Waals surface area (Å²) in [6, 6.07) is 16.0. The van der Waals surface area contributed by atoms with Crippen molar-refractivity contribution in [2.75, 3.05) is 6.54 Å². The first-order valence-corrected chi connectivity index (χ1v) is 7.76. The lowest BCUT2D eigenvalue weighted by Gasteiger charge is -2.48. The summed E-state index contributed by atoms with van der Waals surface area (Å²) in [5.74, 6) is 0. The number of aliphatic hydroxyl groups is 1. The number of benzene rings is 2. The quantitative estimate of drug-likeness (QED) is 0.918. The van der Waals surface area contributed by atoms with Gasteiger partial charge in [0.2, 0.25) is 0 Å². The molecular formula is C17H17Cl2NO. The van der Waals surface area contributed by atoms with Gasteiger partial charge in [-0.15, -0.1) is 0 Å². The summed E-state index contributed by atoms with van der Waals surface area (Å²) in [7, 11) is 0. The van der Waals surface area contributed by atoms with E-state index >= 15 is 0 Å². The average Bonchev–Trinajstić information content (AvgIpc) is 2.50. The zero-order chi connectivity index (χ0) is 15.0. The first-order chi connectivity index (χ1) is 10.1. The molecule has 0 saturated carbocycles. The van der Waals surface area contributed by atoms with Gasteiger partial charge in [-0.1, -0.05) is 47.5 Å². The molecule has 2 aromatic rings. The molecule has 0 aliphatic carbocycles. The molecule has 0 spiro atoms. The van der Waals surface area contributed by atoms with Gasteiger partial charge in [-0.05, 0) is 42.3 Å². The second kappa shape index (κ2) is 5.98. The molecule has 0 amide bonds. The molecule has 0 aromatic heterocycles. The van der Waals surface area contributed by atoms with Crippen molar-refractivity contribution in [1.82, 2.24) is 4.90 Å². The molecule has 1 aliphatic heterocycles. The normalized spacial score (nSPS) is 22.3. The van der Waals surface area contributed by atoms with E-state index in [1.165, 1.54) is 11.1 Å². The summed E-state index contributed by atoms with van der Waals surface area (Å²) in [5.41, 5.74) is 2.33. The van der Waals surface area contributed by atoms with Crippen LogP contribution in [0.3, 0.4) is 0 Å². The van der Waals surface area contributed by atoms with Crippen molar-refractivity contribution in [3.05, 3.63) is 69.7 Å². The zero-order valence-corrected chi connectivity index (χ0v) is 13.2. The maximum atomic E-state index is 9.83. The van der Waals surface area contributed by atoms with Gasteiger partial charge < -0.3 is 5.11 Å². The molecular weight excluding hydrogens is 305 g/mol. The number of β-amino-alcohol motifs (C(OH)–C–C–N with tert-alkyl or cyclic N) is 1. The fraction of sp³-hybridized carbons (Fsp3) is 0.294. The molecule has 1 aliphatic rings. The highest BCUT2D eigenvalue weighted by Gasteiger charge is 2.39. The van der Waals surface area contributed by atoms with Crippen molar-refractivity contribution in [3.8, 4) is 0 Å². The van der Waals surface area contributed by atoms with Crippen LogP contribution in [0.2, 0.25) is 10.0 Å². The summed E-state index contributed by atoms with van der Waals surface area (Å²) in [5, 5.41) is 11.3. The predicted molar refractivity (Wildman–Crippen MR) is 86.9 cm³/mol. The Morgan fingerprint density at radius 2 is 1.38 bits per heavy atom. The molecule has 2 unspecified atom stereocenters. The van der Waals surface area contributed by atoms with Crippen molar-refractivity contribution >= 4 is 23.2 Å². The van der Waals surface area contributed by atoms with Crippen molar-refractivity contribution < 1.29 is 5.11 Å². The van der Waals surface area contributed by atoms with Crippen LogP contribution in [-0.4, -0.2) is 28.7 Å². The molecule has 2 atom stereocenters. The largest absolute Gasteiger partial charge is 0.390 e. The second-order valence-corrected chi connectivity index (χ2v) is 6.38. The average molecular weight is 322 g/mol. The summed E-state index contributed by atoms with van der Waals surface area (Å²) < 4.78 is 0. The van der Waals surface area contributed by atoms with Gasteiger partial charge in [0.05, 0.1) is 12.1 Å². The van der Waals surface area contributed by atoms with Crippen molar-refractivity contribution in [1.29, 1.82) is 0 Å². The van der Waals surface area contributed by atoms with Gasteiger partial charge in [0.25, 0.3) is 0 Å². The van der Waals surface area contributed by atoms with Crippen LogP contribution in [0.1, 0.15) is 24.1 Å².